The van der Waals surface area contributed by atoms with E-state index in [0.29, 0.717) is 23.7 Å². The number of piperidine rings is 3. The highest BCUT2D eigenvalue weighted by Gasteiger charge is 2.35. The molecule has 216 valence electrons. The molecule has 2 bridgehead atoms. The molecule has 11 heteroatoms. The van der Waals surface area contributed by atoms with E-state index in [4.69, 9.17) is 0 Å². The first-order valence-corrected chi connectivity index (χ1v) is 13.8. The number of carbonyl (C=O) groups excluding carboxylic acids is 1. The number of amides is 1. The summed E-state index contributed by atoms with van der Waals surface area (Å²) in [6.07, 6.45) is -1.08. The topological polar surface area (TPSA) is 103 Å². The Balaban J connectivity index is 1.38. The second kappa shape index (κ2) is 11.4. The Morgan fingerprint density at radius 2 is 1.81 bits per heavy atom. The molecule has 2 aromatic heterocycles. The van der Waals surface area contributed by atoms with Crippen LogP contribution >= 0.6 is 0 Å². The van der Waals surface area contributed by atoms with Gasteiger partial charge in [-0.3, -0.25) is 9.59 Å². The molecule has 3 fully saturated rings. The van der Waals surface area contributed by atoms with Gasteiger partial charge in [-0.15, -0.1) is 0 Å². The molecular formula is C31H29F3N6O2. The summed E-state index contributed by atoms with van der Waals surface area (Å²) in [7, 11) is 0. The largest absolute Gasteiger partial charge is 0.416 e. The summed E-state index contributed by atoms with van der Waals surface area (Å²) in [4.78, 5) is 40.5. The molecule has 0 radical (unpaired) electrons. The zero-order chi connectivity index (χ0) is 29.3. The van der Waals surface area contributed by atoms with Crippen molar-refractivity contribution in [3.63, 3.8) is 0 Å². The molecule has 3 N–H and O–H groups in total. The Bertz CT molecular complexity index is 1650. The molecule has 0 aliphatic carbocycles. The fourth-order valence-corrected chi connectivity index (χ4v) is 5.73. The van der Waals surface area contributed by atoms with Crippen LogP contribution in [-0.2, 0) is 12.7 Å². The SMILES string of the molecule is O=C(NC1CN2CCC1CC2)c1cc(-c2ccnc(NCc3ccccc3)n2)c(-c2cccc(C(F)(F)F)c2)[nH]c1=O. The quantitative estimate of drug-likeness (QED) is 0.289. The van der Waals surface area contributed by atoms with E-state index in [1.807, 2.05) is 30.3 Å². The smallest absolute Gasteiger partial charge is 0.350 e. The number of anilines is 1. The number of hydrogen-bond acceptors (Lipinski definition) is 6. The minimum atomic E-state index is -4.57. The van der Waals surface area contributed by atoms with Crippen molar-refractivity contribution in [2.24, 2.45) is 5.92 Å². The number of H-pyrrole nitrogens is 1. The van der Waals surface area contributed by atoms with Crippen molar-refractivity contribution in [2.45, 2.75) is 31.6 Å². The molecule has 0 saturated carbocycles. The summed E-state index contributed by atoms with van der Waals surface area (Å²) < 4.78 is 40.7. The van der Waals surface area contributed by atoms with Crippen LogP contribution in [0.5, 0.6) is 0 Å². The van der Waals surface area contributed by atoms with Gasteiger partial charge in [-0.1, -0.05) is 42.5 Å². The van der Waals surface area contributed by atoms with Crippen molar-refractivity contribution < 1.29 is 18.0 Å². The highest BCUT2D eigenvalue weighted by Crippen LogP contribution is 2.35. The molecule has 3 saturated heterocycles. The number of nitrogens with zero attached hydrogens (tertiary/aromatic N) is 3. The molecule has 42 heavy (non-hydrogen) atoms. The molecule has 1 amide bonds. The number of alkyl halides is 3. The van der Waals surface area contributed by atoms with Crippen LogP contribution in [0.1, 0.15) is 34.3 Å². The van der Waals surface area contributed by atoms with Gasteiger partial charge in [0.15, 0.2) is 0 Å². The molecular weight excluding hydrogens is 545 g/mol. The van der Waals surface area contributed by atoms with Crippen LogP contribution in [0, 0.1) is 5.92 Å². The van der Waals surface area contributed by atoms with Crippen LogP contribution in [0.15, 0.2) is 77.7 Å². The molecule has 8 nitrogen and oxygen atoms in total. The van der Waals surface area contributed by atoms with Crippen LogP contribution in [0.4, 0.5) is 19.1 Å². The highest BCUT2D eigenvalue weighted by atomic mass is 19.4. The molecule has 1 unspecified atom stereocenters. The van der Waals surface area contributed by atoms with E-state index in [1.54, 1.807) is 6.07 Å². The Morgan fingerprint density at radius 1 is 1.02 bits per heavy atom. The lowest BCUT2D eigenvalue weighted by atomic mass is 9.84. The Hall–Kier alpha value is -4.51. The highest BCUT2D eigenvalue weighted by molar-refractivity contribution is 5.96. The number of carbonyl (C=O) groups is 1. The number of halogens is 3. The molecule has 4 aromatic rings. The van der Waals surface area contributed by atoms with Crippen LogP contribution < -0.4 is 16.2 Å². The van der Waals surface area contributed by atoms with Gasteiger partial charge in [0.2, 0.25) is 5.95 Å². The first kappa shape index (κ1) is 27.6. The maximum atomic E-state index is 13.6. The van der Waals surface area contributed by atoms with Crippen molar-refractivity contribution in [1.82, 2.24) is 25.2 Å². The van der Waals surface area contributed by atoms with E-state index in [-0.39, 0.29) is 28.8 Å². The Kier molecular flexibility index (Phi) is 7.51. The summed E-state index contributed by atoms with van der Waals surface area (Å²) in [5.74, 6) is 0.112. The van der Waals surface area contributed by atoms with Gasteiger partial charge >= 0.3 is 6.18 Å². The molecule has 3 aliphatic heterocycles. The Labute approximate surface area is 240 Å². The summed E-state index contributed by atoms with van der Waals surface area (Å²) in [6.45, 7) is 3.18. The Morgan fingerprint density at radius 3 is 2.52 bits per heavy atom. The van der Waals surface area contributed by atoms with Crippen molar-refractivity contribution in [2.75, 3.05) is 25.0 Å². The van der Waals surface area contributed by atoms with E-state index < -0.39 is 23.2 Å². The lowest BCUT2D eigenvalue weighted by Crippen LogP contribution is -2.57. The molecule has 3 aliphatic rings. The van der Waals surface area contributed by atoms with Gasteiger partial charge in [0, 0.05) is 30.9 Å². The van der Waals surface area contributed by atoms with Crippen LogP contribution in [0.2, 0.25) is 0 Å². The van der Waals surface area contributed by atoms with Gasteiger partial charge in [0.1, 0.15) is 5.56 Å². The third kappa shape index (κ3) is 5.91. The van der Waals surface area contributed by atoms with E-state index >= 15 is 0 Å². The summed E-state index contributed by atoms with van der Waals surface area (Å²) in [5.41, 5.74) is 0.225. The van der Waals surface area contributed by atoms with Gasteiger partial charge in [-0.25, -0.2) is 9.97 Å². The van der Waals surface area contributed by atoms with E-state index in [9.17, 15) is 22.8 Å². The zero-order valence-corrected chi connectivity index (χ0v) is 22.6. The minimum Gasteiger partial charge on any atom is -0.350 e. The lowest BCUT2D eigenvalue weighted by Gasteiger charge is -2.44. The first-order chi connectivity index (χ1) is 20.2. The fourth-order valence-electron chi connectivity index (χ4n) is 5.73. The maximum Gasteiger partial charge on any atom is 0.416 e. The number of rotatable bonds is 7. The van der Waals surface area contributed by atoms with Crippen molar-refractivity contribution in [3.05, 3.63) is 100.0 Å². The average Bonchev–Trinajstić information content (AvgIpc) is 3.01. The third-order valence-corrected chi connectivity index (χ3v) is 7.96. The normalized spacial score (nSPS) is 19.8. The van der Waals surface area contributed by atoms with Gasteiger partial charge in [0.25, 0.3) is 11.5 Å². The van der Waals surface area contributed by atoms with Gasteiger partial charge in [-0.05, 0) is 67.2 Å². The van der Waals surface area contributed by atoms with Gasteiger partial charge in [0.05, 0.1) is 17.0 Å². The molecule has 1 atom stereocenters. The standard InChI is InChI=1S/C31H29F3N6O2/c32-31(33,34)22-8-4-7-21(15-22)27-23(25-9-12-35-30(38-25)36-17-19-5-2-1-3-6-19)16-24(29(42)39-27)28(41)37-26-18-40-13-10-20(26)11-14-40/h1-9,12,15-16,20,26H,10-11,13-14,17-18H2,(H,37,41)(H,39,42)(H,35,36,38). The number of hydrogen-bond donors (Lipinski definition) is 3. The van der Waals surface area contributed by atoms with Crippen molar-refractivity contribution >= 4 is 11.9 Å². The molecule has 5 heterocycles. The van der Waals surface area contributed by atoms with E-state index in [1.165, 1.54) is 24.4 Å². The third-order valence-electron chi connectivity index (χ3n) is 7.96. The second-order valence-corrected chi connectivity index (χ2v) is 10.7. The number of benzene rings is 2. The summed E-state index contributed by atoms with van der Waals surface area (Å²) in [6, 6.07) is 17.3. The van der Waals surface area contributed by atoms with Gasteiger partial charge < -0.3 is 20.5 Å². The van der Waals surface area contributed by atoms with Crippen molar-refractivity contribution in [1.29, 1.82) is 0 Å². The van der Waals surface area contributed by atoms with Crippen molar-refractivity contribution in [3.8, 4) is 22.5 Å². The number of aromatic nitrogens is 3. The van der Waals surface area contributed by atoms with E-state index in [2.05, 4.69) is 30.5 Å². The first-order valence-electron chi connectivity index (χ1n) is 13.8. The summed E-state index contributed by atoms with van der Waals surface area (Å²) >= 11 is 0. The van der Waals surface area contributed by atoms with Crippen LogP contribution in [-0.4, -0.2) is 51.4 Å². The van der Waals surface area contributed by atoms with Crippen LogP contribution in [0.3, 0.4) is 0 Å². The van der Waals surface area contributed by atoms with Gasteiger partial charge in [-0.2, -0.15) is 13.2 Å². The number of pyridine rings is 1. The number of aromatic amines is 1. The molecule has 0 spiro atoms. The molecule has 2 aromatic carbocycles. The summed E-state index contributed by atoms with van der Waals surface area (Å²) in [5, 5.41) is 6.18. The maximum absolute atomic E-state index is 13.6. The fraction of sp³-hybridized carbons (Fsp3) is 0.290. The van der Waals surface area contributed by atoms with E-state index in [0.717, 1.165) is 50.2 Å². The molecule has 7 rings (SSSR count). The lowest BCUT2D eigenvalue weighted by molar-refractivity contribution is -0.137. The van der Waals surface area contributed by atoms with Crippen LogP contribution in [0.25, 0.3) is 22.5 Å². The monoisotopic (exact) mass is 574 g/mol. The zero-order valence-electron chi connectivity index (χ0n) is 22.6. The number of nitrogens with one attached hydrogen (secondary N) is 3. The average molecular weight is 575 g/mol. The number of fused-ring (bicyclic) bond motifs is 3. The predicted octanol–water partition coefficient (Wildman–Crippen LogP) is 4.95. The predicted molar refractivity (Wildman–Crippen MR) is 153 cm³/mol. The second-order valence-electron chi connectivity index (χ2n) is 10.7. The minimum absolute atomic E-state index is 0.0705.